The fourth-order valence-electron chi connectivity index (χ4n) is 5.38. The number of nitrogens with zero attached hydrogens (tertiary/aromatic N) is 1. The minimum absolute atomic E-state index is 0.0391. The van der Waals surface area contributed by atoms with Crippen molar-refractivity contribution in [1.29, 1.82) is 0 Å². The summed E-state index contributed by atoms with van der Waals surface area (Å²) in [5.74, 6) is -0.546. The second kappa shape index (κ2) is 9.59. The number of hydrogen-bond acceptors (Lipinski definition) is 4. The van der Waals surface area contributed by atoms with E-state index in [4.69, 9.17) is 9.84 Å². The van der Waals surface area contributed by atoms with E-state index in [1.165, 1.54) is 5.56 Å². The van der Waals surface area contributed by atoms with Crippen LogP contribution in [0.5, 0.6) is 5.75 Å². The Hall–Kier alpha value is -2.44. The fourth-order valence-corrected chi connectivity index (χ4v) is 5.38. The molecular weight excluding hydrogens is 407 g/mol. The zero-order valence-electron chi connectivity index (χ0n) is 18.9. The molecule has 0 unspecified atom stereocenters. The quantitative estimate of drug-likeness (QED) is 0.675. The van der Waals surface area contributed by atoms with E-state index in [0.29, 0.717) is 30.9 Å². The van der Waals surface area contributed by atoms with Crippen LogP contribution in [0.4, 0.5) is 4.39 Å². The summed E-state index contributed by atoms with van der Waals surface area (Å²) in [5.41, 5.74) is 2.08. The van der Waals surface area contributed by atoms with Gasteiger partial charge in [-0.05, 0) is 69.3 Å². The average Bonchev–Trinajstić information content (AvgIpc) is 3.26. The average molecular weight is 441 g/mol. The van der Waals surface area contributed by atoms with Crippen molar-refractivity contribution in [1.82, 2.24) is 10.2 Å². The number of hydrogen-bond donors (Lipinski definition) is 2. The van der Waals surface area contributed by atoms with Gasteiger partial charge < -0.3 is 15.2 Å². The van der Waals surface area contributed by atoms with Crippen LogP contribution in [0.2, 0.25) is 0 Å². The van der Waals surface area contributed by atoms with Gasteiger partial charge in [-0.15, -0.1) is 0 Å². The molecule has 0 amide bonds. The van der Waals surface area contributed by atoms with E-state index in [9.17, 15) is 4.79 Å². The molecule has 0 spiro atoms. The third-order valence-corrected chi connectivity index (χ3v) is 7.33. The van der Waals surface area contributed by atoms with Crippen LogP contribution in [0.15, 0.2) is 48.5 Å². The Kier molecular flexibility index (Phi) is 6.82. The van der Waals surface area contributed by atoms with Gasteiger partial charge in [0.25, 0.3) is 0 Å². The molecule has 2 N–H and O–H groups in total. The number of aliphatic carboxylic acids is 1. The van der Waals surface area contributed by atoms with Gasteiger partial charge in [0.1, 0.15) is 12.1 Å². The highest BCUT2D eigenvalue weighted by Crippen LogP contribution is 2.44. The maximum atomic E-state index is 15.2. The van der Waals surface area contributed by atoms with E-state index < -0.39 is 12.0 Å². The normalized spacial score (nSPS) is 28.1. The van der Waals surface area contributed by atoms with Crippen LogP contribution in [0.25, 0.3) is 0 Å². The maximum Gasteiger partial charge on any atom is 0.320 e. The molecule has 0 bridgehead atoms. The highest BCUT2D eigenvalue weighted by Gasteiger charge is 2.39. The molecule has 6 heteroatoms. The Labute approximate surface area is 189 Å². The summed E-state index contributed by atoms with van der Waals surface area (Å²) in [5, 5.41) is 12.0. The molecule has 2 fully saturated rings. The number of benzene rings is 2. The van der Waals surface area contributed by atoms with Gasteiger partial charge in [-0.2, -0.15) is 0 Å². The number of ether oxygens (including phenoxy) is 1. The van der Waals surface area contributed by atoms with E-state index in [2.05, 4.69) is 54.6 Å². The summed E-state index contributed by atoms with van der Waals surface area (Å²) >= 11 is 0. The van der Waals surface area contributed by atoms with Crippen LogP contribution in [-0.4, -0.2) is 48.8 Å². The molecule has 2 aliphatic rings. The molecule has 0 aromatic heterocycles. The Morgan fingerprint density at radius 3 is 2.50 bits per heavy atom. The van der Waals surface area contributed by atoms with E-state index in [0.717, 1.165) is 25.7 Å². The van der Waals surface area contributed by atoms with Crippen molar-refractivity contribution < 1.29 is 19.0 Å². The molecule has 2 aromatic rings. The lowest BCUT2D eigenvalue weighted by Gasteiger charge is -2.45. The molecule has 0 radical (unpaired) electrons. The number of nitrogens with one attached hydrogen (secondary N) is 1. The van der Waals surface area contributed by atoms with Gasteiger partial charge in [-0.25, -0.2) is 4.39 Å². The van der Waals surface area contributed by atoms with Crippen molar-refractivity contribution in [3.05, 3.63) is 65.5 Å². The molecular formula is C26H33FN2O3. The predicted molar refractivity (Wildman–Crippen MR) is 122 cm³/mol. The number of carboxylic acids is 1. The van der Waals surface area contributed by atoms with Crippen molar-refractivity contribution in [2.75, 3.05) is 20.6 Å². The summed E-state index contributed by atoms with van der Waals surface area (Å²) in [7, 11) is 4.31. The lowest BCUT2D eigenvalue weighted by molar-refractivity contribution is -0.139. The summed E-state index contributed by atoms with van der Waals surface area (Å²) < 4.78 is 21.0. The first-order chi connectivity index (χ1) is 15.4. The second-order valence-electron chi connectivity index (χ2n) is 9.44. The molecule has 4 rings (SSSR count). The summed E-state index contributed by atoms with van der Waals surface area (Å²) in [4.78, 5) is 13.5. The third-order valence-electron chi connectivity index (χ3n) is 7.33. The van der Waals surface area contributed by atoms with Gasteiger partial charge >= 0.3 is 5.97 Å². The number of halogens is 1. The molecule has 1 aliphatic heterocycles. The van der Waals surface area contributed by atoms with E-state index in [1.807, 2.05) is 12.1 Å². The van der Waals surface area contributed by atoms with Gasteiger partial charge in [0, 0.05) is 18.5 Å². The molecule has 1 heterocycles. The number of carbonyl (C=O) groups is 1. The van der Waals surface area contributed by atoms with Crippen molar-refractivity contribution >= 4 is 5.97 Å². The van der Waals surface area contributed by atoms with Crippen LogP contribution in [-0.2, 0) is 16.8 Å². The molecule has 172 valence electrons. The monoisotopic (exact) mass is 440 g/mol. The van der Waals surface area contributed by atoms with Gasteiger partial charge in [-0.1, -0.05) is 42.5 Å². The Morgan fingerprint density at radius 2 is 1.88 bits per heavy atom. The van der Waals surface area contributed by atoms with Crippen molar-refractivity contribution in [3.63, 3.8) is 0 Å². The van der Waals surface area contributed by atoms with Crippen LogP contribution >= 0.6 is 0 Å². The lowest BCUT2D eigenvalue weighted by Crippen LogP contribution is -2.44. The summed E-state index contributed by atoms with van der Waals surface area (Å²) in [6, 6.07) is 15.4. The Balaban J connectivity index is 1.40. The van der Waals surface area contributed by atoms with Crippen molar-refractivity contribution in [2.45, 2.75) is 56.2 Å². The van der Waals surface area contributed by atoms with Gasteiger partial charge in [0.15, 0.2) is 11.6 Å². The smallest absolute Gasteiger partial charge is 0.320 e. The molecule has 32 heavy (non-hydrogen) atoms. The van der Waals surface area contributed by atoms with Gasteiger partial charge in [0.2, 0.25) is 0 Å². The van der Waals surface area contributed by atoms with Crippen LogP contribution < -0.4 is 10.1 Å². The Bertz CT molecular complexity index is 926. The fraction of sp³-hybridized carbons (Fsp3) is 0.500. The molecule has 1 saturated carbocycles. The third kappa shape index (κ3) is 4.66. The zero-order valence-corrected chi connectivity index (χ0v) is 18.9. The second-order valence-corrected chi connectivity index (χ2v) is 9.44. The highest BCUT2D eigenvalue weighted by molar-refractivity contribution is 5.73. The molecule has 5 nitrogen and oxygen atoms in total. The predicted octanol–water partition coefficient (Wildman–Crippen LogP) is 4.21. The first-order valence-electron chi connectivity index (χ1n) is 11.5. The van der Waals surface area contributed by atoms with Crippen molar-refractivity contribution in [3.8, 4) is 5.75 Å². The largest absolute Gasteiger partial charge is 0.486 e. The SMILES string of the molecule is CN(C)C1(c2ccccc2)CCC(Cc2cccc(O[C@@H]3CN[C@H](C(=O)O)C3)c2F)CC1. The van der Waals surface area contributed by atoms with Gasteiger partial charge in [-0.3, -0.25) is 9.69 Å². The molecule has 2 aromatic carbocycles. The summed E-state index contributed by atoms with van der Waals surface area (Å²) in [6.07, 6.45) is 4.90. The van der Waals surface area contributed by atoms with E-state index >= 15 is 4.39 Å². The molecule has 1 aliphatic carbocycles. The molecule has 2 atom stereocenters. The molecule has 1 saturated heterocycles. The standard InChI is InChI=1S/C26H33FN2O3/c1-29(2)26(20-8-4-3-5-9-20)13-11-18(12-14-26)15-19-7-6-10-23(24(19)27)32-21-16-22(25(30)31)28-17-21/h3-10,18,21-22,28H,11-17H2,1-2H3,(H,30,31)/t18?,21-,22-,26?/m0/s1. The number of rotatable bonds is 7. The Morgan fingerprint density at radius 1 is 1.16 bits per heavy atom. The van der Waals surface area contributed by atoms with Gasteiger partial charge in [0.05, 0.1) is 0 Å². The van der Waals surface area contributed by atoms with Crippen LogP contribution in [0, 0.1) is 11.7 Å². The number of carboxylic acid groups (broad SMARTS) is 1. The van der Waals surface area contributed by atoms with E-state index in [-0.39, 0.29) is 23.2 Å². The lowest BCUT2D eigenvalue weighted by atomic mass is 9.70. The zero-order chi connectivity index (χ0) is 22.7. The van der Waals surface area contributed by atoms with Crippen LogP contribution in [0.3, 0.4) is 0 Å². The minimum Gasteiger partial charge on any atom is -0.486 e. The minimum atomic E-state index is -0.896. The topological polar surface area (TPSA) is 61.8 Å². The summed E-state index contributed by atoms with van der Waals surface area (Å²) in [6.45, 7) is 0.412. The van der Waals surface area contributed by atoms with Crippen molar-refractivity contribution in [2.24, 2.45) is 5.92 Å². The van der Waals surface area contributed by atoms with Crippen LogP contribution in [0.1, 0.15) is 43.2 Å². The first-order valence-corrected chi connectivity index (χ1v) is 11.5. The van der Waals surface area contributed by atoms with E-state index in [1.54, 1.807) is 6.07 Å². The highest BCUT2D eigenvalue weighted by atomic mass is 19.1. The maximum absolute atomic E-state index is 15.2. The first kappa shape index (κ1) is 22.7.